The summed E-state index contributed by atoms with van der Waals surface area (Å²) < 4.78 is 12.8. The zero-order valence-corrected chi connectivity index (χ0v) is 10.1. The van der Waals surface area contributed by atoms with Crippen LogP contribution in [0.4, 0.5) is 10.3 Å². The maximum absolute atomic E-state index is 12.8. The van der Waals surface area contributed by atoms with Gasteiger partial charge in [0.1, 0.15) is 5.82 Å². The van der Waals surface area contributed by atoms with Gasteiger partial charge in [-0.1, -0.05) is 12.1 Å². The number of benzene rings is 1. The molecule has 0 unspecified atom stereocenters. The number of aryl methyl sites for hydroxylation is 1. The molecule has 1 saturated carbocycles. The van der Waals surface area contributed by atoms with Gasteiger partial charge in [-0.3, -0.25) is 0 Å². The van der Waals surface area contributed by atoms with Crippen LogP contribution in [0, 0.1) is 12.7 Å². The smallest absolute Gasteiger partial charge is 0.223 e. The highest BCUT2D eigenvalue weighted by molar-refractivity contribution is 5.37. The number of nitrogens with zero attached hydrogens (tertiary/aromatic N) is 2. The first-order valence-corrected chi connectivity index (χ1v) is 6.04. The van der Waals surface area contributed by atoms with E-state index in [1.54, 1.807) is 6.20 Å². The molecule has 2 aromatic rings. The van der Waals surface area contributed by atoms with Crippen LogP contribution in [0.3, 0.4) is 0 Å². The fourth-order valence-electron chi connectivity index (χ4n) is 2.12. The van der Waals surface area contributed by atoms with Crippen molar-refractivity contribution in [1.29, 1.82) is 0 Å². The zero-order chi connectivity index (χ0) is 12.5. The summed E-state index contributed by atoms with van der Waals surface area (Å²) in [6.07, 6.45) is 2.79. The highest BCUT2D eigenvalue weighted by Crippen LogP contribution is 2.42. The Morgan fingerprint density at radius 3 is 2.72 bits per heavy atom. The average molecular weight is 243 g/mol. The maximum atomic E-state index is 12.8. The van der Waals surface area contributed by atoms with Crippen LogP contribution in [-0.2, 0) is 0 Å². The van der Waals surface area contributed by atoms with Crippen LogP contribution in [-0.4, -0.2) is 16.0 Å². The first-order valence-electron chi connectivity index (χ1n) is 6.04. The quantitative estimate of drug-likeness (QED) is 0.900. The van der Waals surface area contributed by atoms with Crippen LogP contribution in [0.15, 0.2) is 36.5 Å². The molecule has 1 aromatic carbocycles. The second-order valence-electron chi connectivity index (χ2n) is 4.67. The monoisotopic (exact) mass is 243 g/mol. The van der Waals surface area contributed by atoms with Gasteiger partial charge in [-0.25, -0.2) is 14.4 Å². The Bertz CT molecular complexity index is 553. The van der Waals surface area contributed by atoms with E-state index in [-0.39, 0.29) is 5.82 Å². The first-order chi connectivity index (χ1) is 8.72. The summed E-state index contributed by atoms with van der Waals surface area (Å²) in [5.74, 6) is 0.922. The third kappa shape index (κ3) is 2.32. The van der Waals surface area contributed by atoms with Crippen molar-refractivity contribution in [2.24, 2.45) is 0 Å². The highest BCUT2D eigenvalue weighted by Gasteiger charge is 2.38. The first kappa shape index (κ1) is 11.1. The van der Waals surface area contributed by atoms with Gasteiger partial charge in [-0.15, -0.1) is 0 Å². The van der Waals surface area contributed by atoms with Crippen LogP contribution in [0.2, 0.25) is 0 Å². The van der Waals surface area contributed by atoms with Crippen LogP contribution in [0.25, 0.3) is 0 Å². The lowest BCUT2D eigenvalue weighted by Gasteiger charge is -2.04. The molecule has 0 amide bonds. The summed E-state index contributed by atoms with van der Waals surface area (Å²) in [5, 5.41) is 3.30. The number of halogens is 1. The highest BCUT2D eigenvalue weighted by atomic mass is 19.1. The molecule has 1 fully saturated rings. The number of rotatable bonds is 3. The fourth-order valence-corrected chi connectivity index (χ4v) is 2.12. The molecular weight excluding hydrogens is 229 g/mol. The molecule has 1 N–H and O–H groups in total. The number of hydrogen-bond acceptors (Lipinski definition) is 3. The van der Waals surface area contributed by atoms with Gasteiger partial charge in [0.2, 0.25) is 5.95 Å². The lowest BCUT2D eigenvalue weighted by molar-refractivity contribution is 0.627. The van der Waals surface area contributed by atoms with Gasteiger partial charge in [0.25, 0.3) is 0 Å². The Balaban J connectivity index is 1.66. The summed E-state index contributed by atoms with van der Waals surface area (Å²) in [6.45, 7) is 1.94. The predicted octanol–water partition coefficient (Wildman–Crippen LogP) is 2.89. The molecule has 0 aliphatic heterocycles. The van der Waals surface area contributed by atoms with Crippen molar-refractivity contribution in [2.75, 3.05) is 5.32 Å². The molecule has 18 heavy (non-hydrogen) atoms. The summed E-state index contributed by atoms with van der Waals surface area (Å²) in [4.78, 5) is 8.49. The topological polar surface area (TPSA) is 37.8 Å². The molecule has 4 heteroatoms. The molecule has 1 aromatic heterocycles. The van der Waals surface area contributed by atoms with Gasteiger partial charge in [-0.05, 0) is 37.1 Å². The van der Waals surface area contributed by atoms with Gasteiger partial charge < -0.3 is 5.32 Å². The van der Waals surface area contributed by atoms with Gasteiger partial charge >= 0.3 is 0 Å². The number of anilines is 1. The molecule has 1 heterocycles. The normalized spacial score (nSPS) is 21.7. The molecule has 0 bridgehead atoms. The van der Waals surface area contributed by atoms with Crippen LogP contribution >= 0.6 is 0 Å². The Morgan fingerprint density at radius 1 is 1.22 bits per heavy atom. The molecule has 1 aliphatic rings. The van der Waals surface area contributed by atoms with Gasteiger partial charge in [0.15, 0.2) is 0 Å². The Morgan fingerprint density at radius 2 is 2.00 bits per heavy atom. The summed E-state index contributed by atoms with van der Waals surface area (Å²) >= 11 is 0. The second-order valence-corrected chi connectivity index (χ2v) is 4.67. The van der Waals surface area contributed by atoms with Crippen molar-refractivity contribution in [1.82, 2.24) is 9.97 Å². The molecule has 0 saturated heterocycles. The van der Waals surface area contributed by atoms with E-state index in [4.69, 9.17) is 0 Å². The molecule has 1 aliphatic carbocycles. The van der Waals surface area contributed by atoms with Crippen molar-refractivity contribution >= 4 is 5.95 Å². The summed E-state index contributed by atoms with van der Waals surface area (Å²) in [5.41, 5.74) is 2.12. The lowest BCUT2D eigenvalue weighted by Crippen LogP contribution is -2.07. The third-order valence-electron chi connectivity index (χ3n) is 3.20. The minimum atomic E-state index is -0.189. The van der Waals surface area contributed by atoms with Crippen LogP contribution in [0.1, 0.15) is 23.6 Å². The molecule has 3 nitrogen and oxygen atoms in total. The molecule has 2 atom stereocenters. The standard InChI is InChI=1S/C14H14FN3/c1-9-6-7-16-14(17-9)18-13-8-12(13)10-2-4-11(15)5-3-10/h2-7,12-13H,8H2,1H3,(H,16,17,18)/t12-,13+/m0/s1. The zero-order valence-electron chi connectivity index (χ0n) is 10.1. The molecule has 3 rings (SSSR count). The Hall–Kier alpha value is -1.97. The van der Waals surface area contributed by atoms with E-state index in [0.717, 1.165) is 12.1 Å². The SMILES string of the molecule is Cc1ccnc(N[C@@H]2C[C@H]2c2ccc(F)cc2)n1. The summed E-state index contributed by atoms with van der Waals surface area (Å²) in [6, 6.07) is 8.94. The van der Waals surface area contributed by atoms with Crippen molar-refractivity contribution in [3.8, 4) is 0 Å². The molecule has 92 valence electrons. The average Bonchev–Trinajstić information content (AvgIpc) is 3.09. The van der Waals surface area contributed by atoms with Crippen LogP contribution < -0.4 is 5.32 Å². The molecular formula is C14H14FN3. The second kappa shape index (κ2) is 4.37. The van der Waals surface area contributed by atoms with Crippen molar-refractivity contribution in [3.05, 3.63) is 53.6 Å². The van der Waals surface area contributed by atoms with E-state index in [2.05, 4.69) is 15.3 Å². The Kier molecular flexibility index (Phi) is 2.70. The minimum absolute atomic E-state index is 0.189. The van der Waals surface area contributed by atoms with E-state index < -0.39 is 0 Å². The van der Waals surface area contributed by atoms with Crippen molar-refractivity contribution < 1.29 is 4.39 Å². The van der Waals surface area contributed by atoms with Gasteiger partial charge in [0.05, 0.1) is 0 Å². The van der Waals surface area contributed by atoms with Gasteiger partial charge in [0, 0.05) is 23.9 Å². The third-order valence-corrected chi connectivity index (χ3v) is 3.20. The van der Waals surface area contributed by atoms with E-state index in [0.29, 0.717) is 17.9 Å². The van der Waals surface area contributed by atoms with E-state index >= 15 is 0 Å². The van der Waals surface area contributed by atoms with Gasteiger partial charge in [-0.2, -0.15) is 0 Å². The number of nitrogens with one attached hydrogen (secondary N) is 1. The van der Waals surface area contributed by atoms with Crippen molar-refractivity contribution in [2.45, 2.75) is 25.3 Å². The van der Waals surface area contributed by atoms with E-state index in [1.807, 2.05) is 25.1 Å². The summed E-state index contributed by atoms with van der Waals surface area (Å²) in [7, 11) is 0. The molecule has 0 radical (unpaired) electrons. The van der Waals surface area contributed by atoms with E-state index in [9.17, 15) is 4.39 Å². The number of hydrogen-bond donors (Lipinski definition) is 1. The molecule has 0 spiro atoms. The van der Waals surface area contributed by atoms with Crippen LogP contribution in [0.5, 0.6) is 0 Å². The Labute approximate surface area is 105 Å². The maximum Gasteiger partial charge on any atom is 0.223 e. The lowest BCUT2D eigenvalue weighted by atomic mass is 10.1. The van der Waals surface area contributed by atoms with E-state index in [1.165, 1.54) is 17.7 Å². The predicted molar refractivity (Wildman–Crippen MR) is 67.9 cm³/mol. The fraction of sp³-hybridized carbons (Fsp3) is 0.286. The number of aromatic nitrogens is 2. The largest absolute Gasteiger partial charge is 0.351 e. The minimum Gasteiger partial charge on any atom is -0.351 e. The van der Waals surface area contributed by atoms with Crippen molar-refractivity contribution in [3.63, 3.8) is 0 Å².